The van der Waals surface area contributed by atoms with E-state index in [1.165, 1.54) is 38.8 Å². The van der Waals surface area contributed by atoms with Crippen LogP contribution in [-0.2, 0) is 0 Å². The molecule has 0 fully saturated rings. The van der Waals surface area contributed by atoms with Gasteiger partial charge in [0.1, 0.15) is 0 Å². The molecule has 1 atom stereocenters. The minimum atomic E-state index is 0.845. The largest absolute Gasteiger partial charge is 0.317 e. The molecule has 0 saturated heterocycles. The van der Waals surface area contributed by atoms with E-state index in [1.54, 1.807) is 0 Å². The smallest absolute Gasteiger partial charge is 0.00462 e. The lowest BCUT2D eigenvalue weighted by atomic mass is 9.90. The molecule has 0 aliphatic rings. The Labute approximate surface area is 84.3 Å². The highest BCUT2D eigenvalue weighted by molar-refractivity contribution is 4.62. The number of hydrogen-bond acceptors (Lipinski definition) is 1. The average Bonchev–Trinajstić information content (AvgIpc) is 2.10. The van der Waals surface area contributed by atoms with E-state index in [4.69, 9.17) is 0 Å². The minimum Gasteiger partial charge on any atom is -0.317 e. The van der Waals surface area contributed by atoms with Gasteiger partial charge in [0.25, 0.3) is 0 Å². The SMILES string of the molecule is CCCCNCCC(CC)C(C)C. The molecule has 0 rings (SSSR count). The van der Waals surface area contributed by atoms with E-state index in [9.17, 15) is 0 Å². The summed E-state index contributed by atoms with van der Waals surface area (Å²) in [5.74, 6) is 1.76. The lowest BCUT2D eigenvalue weighted by molar-refractivity contribution is 0.342. The summed E-state index contributed by atoms with van der Waals surface area (Å²) < 4.78 is 0. The molecular formula is C12H27N. The van der Waals surface area contributed by atoms with Crippen molar-refractivity contribution in [1.82, 2.24) is 5.32 Å². The molecular weight excluding hydrogens is 158 g/mol. The van der Waals surface area contributed by atoms with Crippen LogP contribution in [0.4, 0.5) is 0 Å². The maximum atomic E-state index is 3.51. The van der Waals surface area contributed by atoms with Gasteiger partial charge in [0.05, 0.1) is 0 Å². The van der Waals surface area contributed by atoms with Crippen LogP contribution in [0.3, 0.4) is 0 Å². The maximum absolute atomic E-state index is 3.51. The van der Waals surface area contributed by atoms with Gasteiger partial charge in [0.2, 0.25) is 0 Å². The number of nitrogens with one attached hydrogen (secondary N) is 1. The third-order valence-electron chi connectivity index (χ3n) is 2.87. The maximum Gasteiger partial charge on any atom is -0.00462 e. The molecule has 1 heteroatoms. The summed E-state index contributed by atoms with van der Waals surface area (Å²) in [6.45, 7) is 11.6. The van der Waals surface area contributed by atoms with Crippen molar-refractivity contribution in [3.63, 3.8) is 0 Å². The normalized spacial score (nSPS) is 13.6. The van der Waals surface area contributed by atoms with Gasteiger partial charge in [-0.05, 0) is 37.8 Å². The standard InChI is InChI=1S/C12H27N/c1-5-7-9-13-10-8-12(6-2)11(3)4/h11-13H,5-10H2,1-4H3. The van der Waals surface area contributed by atoms with E-state index in [2.05, 4.69) is 33.0 Å². The molecule has 1 nitrogen and oxygen atoms in total. The molecule has 0 heterocycles. The molecule has 1 N–H and O–H groups in total. The van der Waals surface area contributed by atoms with E-state index in [1.807, 2.05) is 0 Å². The Morgan fingerprint density at radius 3 is 2.23 bits per heavy atom. The van der Waals surface area contributed by atoms with Crippen molar-refractivity contribution >= 4 is 0 Å². The molecule has 0 amide bonds. The van der Waals surface area contributed by atoms with Gasteiger partial charge in [-0.1, -0.05) is 40.5 Å². The second-order valence-corrected chi connectivity index (χ2v) is 4.30. The molecule has 0 aliphatic carbocycles. The Kier molecular flexibility index (Phi) is 8.53. The summed E-state index contributed by atoms with van der Waals surface area (Å²) in [5.41, 5.74) is 0. The summed E-state index contributed by atoms with van der Waals surface area (Å²) in [6, 6.07) is 0. The van der Waals surface area contributed by atoms with Crippen molar-refractivity contribution in [3.05, 3.63) is 0 Å². The Morgan fingerprint density at radius 1 is 1.08 bits per heavy atom. The predicted octanol–water partition coefficient (Wildman–Crippen LogP) is 3.45. The summed E-state index contributed by atoms with van der Waals surface area (Å²) in [6.07, 6.45) is 5.29. The van der Waals surface area contributed by atoms with Crippen LogP contribution in [0.25, 0.3) is 0 Å². The first-order valence-corrected chi connectivity index (χ1v) is 5.93. The number of unbranched alkanes of at least 4 members (excludes halogenated alkanes) is 1. The van der Waals surface area contributed by atoms with Crippen molar-refractivity contribution in [1.29, 1.82) is 0 Å². The van der Waals surface area contributed by atoms with Gasteiger partial charge in [-0.15, -0.1) is 0 Å². The van der Waals surface area contributed by atoms with E-state index in [0.29, 0.717) is 0 Å². The molecule has 0 radical (unpaired) electrons. The molecule has 0 aromatic rings. The summed E-state index contributed by atoms with van der Waals surface area (Å²) >= 11 is 0. The monoisotopic (exact) mass is 185 g/mol. The van der Waals surface area contributed by atoms with Crippen LogP contribution in [0.5, 0.6) is 0 Å². The van der Waals surface area contributed by atoms with Gasteiger partial charge < -0.3 is 5.32 Å². The summed E-state index contributed by atoms with van der Waals surface area (Å²) in [5, 5.41) is 3.51. The Bertz CT molecular complexity index is 99.3. The Morgan fingerprint density at radius 2 is 1.77 bits per heavy atom. The molecule has 0 spiro atoms. The van der Waals surface area contributed by atoms with Crippen molar-refractivity contribution in [2.45, 2.75) is 53.4 Å². The Balaban J connectivity index is 3.28. The Hall–Kier alpha value is -0.0400. The van der Waals surface area contributed by atoms with Crippen LogP contribution in [0.15, 0.2) is 0 Å². The first-order chi connectivity index (χ1) is 6.22. The van der Waals surface area contributed by atoms with Crippen molar-refractivity contribution in [2.75, 3.05) is 13.1 Å². The third kappa shape index (κ3) is 7.06. The fourth-order valence-electron chi connectivity index (χ4n) is 1.72. The zero-order valence-corrected chi connectivity index (χ0v) is 9.90. The quantitative estimate of drug-likeness (QED) is 0.571. The van der Waals surface area contributed by atoms with E-state index in [0.717, 1.165) is 11.8 Å². The van der Waals surface area contributed by atoms with Crippen LogP contribution in [0.2, 0.25) is 0 Å². The molecule has 80 valence electrons. The summed E-state index contributed by atoms with van der Waals surface area (Å²) in [7, 11) is 0. The van der Waals surface area contributed by atoms with E-state index < -0.39 is 0 Å². The van der Waals surface area contributed by atoms with Gasteiger partial charge in [0.15, 0.2) is 0 Å². The molecule has 0 aromatic heterocycles. The van der Waals surface area contributed by atoms with Crippen LogP contribution in [0, 0.1) is 11.8 Å². The predicted molar refractivity (Wildman–Crippen MR) is 61.0 cm³/mol. The molecule has 1 unspecified atom stereocenters. The highest BCUT2D eigenvalue weighted by Crippen LogP contribution is 2.17. The summed E-state index contributed by atoms with van der Waals surface area (Å²) in [4.78, 5) is 0. The lowest BCUT2D eigenvalue weighted by Gasteiger charge is -2.18. The van der Waals surface area contributed by atoms with Crippen LogP contribution >= 0.6 is 0 Å². The number of hydrogen-bond donors (Lipinski definition) is 1. The van der Waals surface area contributed by atoms with Gasteiger partial charge in [-0.3, -0.25) is 0 Å². The van der Waals surface area contributed by atoms with Crippen LogP contribution in [0.1, 0.15) is 53.4 Å². The fraction of sp³-hybridized carbons (Fsp3) is 1.00. The van der Waals surface area contributed by atoms with Crippen molar-refractivity contribution in [2.24, 2.45) is 11.8 Å². The van der Waals surface area contributed by atoms with E-state index >= 15 is 0 Å². The zero-order chi connectivity index (χ0) is 10.1. The van der Waals surface area contributed by atoms with Crippen molar-refractivity contribution < 1.29 is 0 Å². The first-order valence-electron chi connectivity index (χ1n) is 5.93. The van der Waals surface area contributed by atoms with Crippen LogP contribution in [-0.4, -0.2) is 13.1 Å². The average molecular weight is 185 g/mol. The van der Waals surface area contributed by atoms with E-state index in [-0.39, 0.29) is 0 Å². The topological polar surface area (TPSA) is 12.0 Å². The molecule has 13 heavy (non-hydrogen) atoms. The highest BCUT2D eigenvalue weighted by Gasteiger charge is 2.09. The van der Waals surface area contributed by atoms with Gasteiger partial charge in [0, 0.05) is 0 Å². The molecule has 0 aromatic carbocycles. The van der Waals surface area contributed by atoms with Crippen molar-refractivity contribution in [3.8, 4) is 0 Å². The lowest BCUT2D eigenvalue weighted by Crippen LogP contribution is -2.21. The second kappa shape index (κ2) is 8.55. The van der Waals surface area contributed by atoms with Gasteiger partial charge in [-0.2, -0.15) is 0 Å². The number of rotatable bonds is 8. The fourth-order valence-corrected chi connectivity index (χ4v) is 1.72. The second-order valence-electron chi connectivity index (χ2n) is 4.30. The van der Waals surface area contributed by atoms with Crippen LogP contribution < -0.4 is 5.32 Å². The molecule has 0 saturated carbocycles. The van der Waals surface area contributed by atoms with Gasteiger partial charge >= 0.3 is 0 Å². The zero-order valence-electron chi connectivity index (χ0n) is 9.90. The van der Waals surface area contributed by atoms with Gasteiger partial charge in [-0.25, -0.2) is 0 Å². The third-order valence-corrected chi connectivity index (χ3v) is 2.87. The molecule has 0 bridgehead atoms. The minimum absolute atomic E-state index is 0.845. The first kappa shape index (κ1) is 13.0. The highest BCUT2D eigenvalue weighted by atomic mass is 14.8. The molecule has 0 aliphatic heterocycles.